The van der Waals surface area contributed by atoms with E-state index in [1.807, 2.05) is 4.90 Å². The van der Waals surface area contributed by atoms with Gasteiger partial charge in [-0.1, -0.05) is 0 Å². The summed E-state index contributed by atoms with van der Waals surface area (Å²) in [6, 6.07) is 4.60. The van der Waals surface area contributed by atoms with Crippen LogP contribution in [0.25, 0.3) is 11.0 Å². The Balaban J connectivity index is 1.37. The number of piperazine rings is 1. The third-order valence-electron chi connectivity index (χ3n) is 6.01. The van der Waals surface area contributed by atoms with Gasteiger partial charge in [0.05, 0.1) is 22.9 Å². The Bertz CT molecular complexity index is 1350. The number of nitrogens with zero attached hydrogens (tertiary/aromatic N) is 4. The van der Waals surface area contributed by atoms with E-state index in [-0.39, 0.29) is 22.3 Å². The van der Waals surface area contributed by atoms with E-state index < -0.39 is 35.9 Å². The number of nitrogens with one attached hydrogen (secondary N) is 2. The lowest BCUT2D eigenvalue weighted by Crippen LogP contribution is -2.46. The highest BCUT2D eigenvalue weighted by Crippen LogP contribution is 2.31. The first-order chi connectivity index (χ1) is 17.3. The molecule has 3 aromatic rings. The summed E-state index contributed by atoms with van der Waals surface area (Å²) in [5, 5.41) is 1.77. The van der Waals surface area contributed by atoms with Gasteiger partial charge >= 0.3 is 12.4 Å². The molecule has 0 aromatic carbocycles. The van der Waals surface area contributed by atoms with Crippen LogP contribution in [0.1, 0.15) is 27.2 Å². The minimum atomic E-state index is -4.78. The SMILES string of the molecule is Cc1c(C(F)(F)F)c(=O)[nH]c2cc(CN3CCN(c4ccc(C(=O)NCC(F)(F)F)nc4)CC3)cnc12. The predicted octanol–water partition coefficient (Wildman–Crippen LogP) is 3.26. The van der Waals surface area contributed by atoms with Gasteiger partial charge in [-0.15, -0.1) is 0 Å². The zero-order valence-corrected chi connectivity index (χ0v) is 19.5. The number of carbonyl (C=O) groups is 1. The Morgan fingerprint density at radius 1 is 1.05 bits per heavy atom. The van der Waals surface area contributed by atoms with Crippen LogP contribution >= 0.6 is 0 Å². The lowest BCUT2D eigenvalue weighted by atomic mass is 10.1. The van der Waals surface area contributed by atoms with E-state index in [1.54, 1.807) is 17.4 Å². The van der Waals surface area contributed by atoms with Crippen LogP contribution in [0, 0.1) is 6.92 Å². The highest BCUT2D eigenvalue weighted by atomic mass is 19.4. The number of fused-ring (bicyclic) bond motifs is 1. The Morgan fingerprint density at radius 3 is 2.35 bits per heavy atom. The molecule has 4 heterocycles. The number of aromatic nitrogens is 3. The van der Waals surface area contributed by atoms with Crippen molar-refractivity contribution < 1.29 is 31.1 Å². The summed E-state index contributed by atoms with van der Waals surface area (Å²) in [5.41, 5.74) is -1.03. The summed E-state index contributed by atoms with van der Waals surface area (Å²) >= 11 is 0. The molecule has 198 valence electrons. The minimum Gasteiger partial charge on any atom is -0.368 e. The molecule has 0 bridgehead atoms. The van der Waals surface area contributed by atoms with Crippen molar-refractivity contribution in [3.8, 4) is 0 Å². The molecule has 0 aliphatic carbocycles. The van der Waals surface area contributed by atoms with Gasteiger partial charge in [0.15, 0.2) is 0 Å². The molecule has 1 saturated heterocycles. The zero-order valence-electron chi connectivity index (χ0n) is 19.5. The summed E-state index contributed by atoms with van der Waals surface area (Å²) in [7, 11) is 0. The number of amides is 1. The molecule has 1 amide bonds. The molecule has 37 heavy (non-hydrogen) atoms. The van der Waals surface area contributed by atoms with Gasteiger partial charge in [0.1, 0.15) is 17.8 Å². The standard InChI is InChI=1S/C23H22F6N6O2/c1-13-18(23(27,28)29)21(37)33-17-8-14(9-31-19(13)17)11-34-4-6-35(7-5-34)15-2-3-16(30-10-15)20(36)32-12-22(24,25)26/h2-3,8-10H,4-7,11-12H2,1H3,(H,32,36)(H,33,37). The minimum absolute atomic E-state index is 0.0866. The maximum atomic E-state index is 13.2. The van der Waals surface area contributed by atoms with Crippen molar-refractivity contribution in [2.45, 2.75) is 25.8 Å². The van der Waals surface area contributed by atoms with E-state index in [1.165, 1.54) is 25.4 Å². The summed E-state index contributed by atoms with van der Waals surface area (Å²) in [6.45, 7) is 2.73. The molecule has 0 unspecified atom stereocenters. The van der Waals surface area contributed by atoms with Crippen LogP contribution in [-0.2, 0) is 12.7 Å². The third kappa shape index (κ3) is 6.18. The number of halogens is 6. The number of aromatic amines is 1. The zero-order chi connectivity index (χ0) is 27.0. The third-order valence-corrected chi connectivity index (χ3v) is 6.01. The topological polar surface area (TPSA) is 94.2 Å². The van der Waals surface area contributed by atoms with Gasteiger partial charge in [0, 0.05) is 38.9 Å². The van der Waals surface area contributed by atoms with Crippen LogP contribution in [0.15, 0.2) is 35.4 Å². The van der Waals surface area contributed by atoms with Crippen LogP contribution < -0.4 is 15.8 Å². The van der Waals surface area contributed by atoms with Crippen molar-refractivity contribution in [2.24, 2.45) is 0 Å². The van der Waals surface area contributed by atoms with Crippen molar-refractivity contribution in [1.29, 1.82) is 0 Å². The van der Waals surface area contributed by atoms with Gasteiger partial charge in [-0.2, -0.15) is 26.3 Å². The van der Waals surface area contributed by atoms with Crippen LogP contribution in [-0.4, -0.2) is 64.7 Å². The highest BCUT2D eigenvalue weighted by Gasteiger charge is 2.37. The van der Waals surface area contributed by atoms with Gasteiger partial charge in [0.25, 0.3) is 11.5 Å². The number of aryl methyl sites for hydroxylation is 1. The van der Waals surface area contributed by atoms with Crippen molar-refractivity contribution in [2.75, 3.05) is 37.6 Å². The largest absolute Gasteiger partial charge is 0.422 e. The molecular formula is C23H22F6N6O2. The molecule has 0 atom stereocenters. The molecule has 0 spiro atoms. The first kappa shape index (κ1) is 26.4. The van der Waals surface area contributed by atoms with Crippen molar-refractivity contribution in [3.05, 3.63) is 63.3 Å². The Labute approximate surface area is 206 Å². The summed E-state index contributed by atoms with van der Waals surface area (Å²) in [4.78, 5) is 38.4. The predicted molar refractivity (Wildman–Crippen MR) is 122 cm³/mol. The Hall–Kier alpha value is -3.68. The van der Waals surface area contributed by atoms with E-state index in [0.29, 0.717) is 38.4 Å². The first-order valence-electron chi connectivity index (χ1n) is 11.2. The van der Waals surface area contributed by atoms with Gasteiger partial charge < -0.3 is 15.2 Å². The molecule has 2 N–H and O–H groups in total. The molecular weight excluding hydrogens is 506 g/mol. The Kier molecular flexibility index (Phi) is 7.13. The van der Waals surface area contributed by atoms with E-state index in [2.05, 4.69) is 19.9 Å². The van der Waals surface area contributed by atoms with Crippen LogP contribution in [0.2, 0.25) is 0 Å². The second-order valence-corrected chi connectivity index (χ2v) is 8.65. The number of H-pyrrole nitrogens is 1. The van der Waals surface area contributed by atoms with Crippen molar-refractivity contribution in [1.82, 2.24) is 25.2 Å². The summed E-state index contributed by atoms with van der Waals surface area (Å²) < 4.78 is 76.3. The number of anilines is 1. The molecule has 1 aliphatic heterocycles. The second-order valence-electron chi connectivity index (χ2n) is 8.65. The molecule has 4 rings (SSSR count). The number of hydrogen-bond acceptors (Lipinski definition) is 6. The molecule has 0 saturated carbocycles. The van der Waals surface area contributed by atoms with E-state index in [9.17, 15) is 35.9 Å². The monoisotopic (exact) mass is 528 g/mol. The van der Waals surface area contributed by atoms with Gasteiger partial charge in [-0.05, 0) is 36.2 Å². The van der Waals surface area contributed by atoms with Crippen molar-refractivity contribution in [3.63, 3.8) is 0 Å². The van der Waals surface area contributed by atoms with Gasteiger partial charge in [0.2, 0.25) is 0 Å². The molecule has 1 fully saturated rings. The van der Waals surface area contributed by atoms with Gasteiger partial charge in [-0.3, -0.25) is 19.5 Å². The fraction of sp³-hybridized carbons (Fsp3) is 0.391. The summed E-state index contributed by atoms with van der Waals surface area (Å²) in [6.07, 6.45) is -6.36. The van der Waals surface area contributed by atoms with Gasteiger partial charge in [-0.25, -0.2) is 4.98 Å². The normalized spacial score (nSPS) is 15.3. The fourth-order valence-electron chi connectivity index (χ4n) is 4.20. The number of rotatable bonds is 5. The average molecular weight is 528 g/mol. The summed E-state index contributed by atoms with van der Waals surface area (Å²) in [5.74, 6) is -0.913. The second kappa shape index (κ2) is 10.00. The maximum absolute atomic E-state index is 13.2. The van der Waals surface area contributed by atoms with E-state index in [0.717, 1.165) is 5.56 Å². The van der Waals surface area contributed by atoms with E-state index in [4.69, 9.17) is 0 Å². The lowest BCUT2D eigenvalue weighted by Gasteiger charge is -2.36. The molecule has 3 aromatic heterocycles. The van der Waals surface area contributed by atoms with Crippen molar-refractivity contribution >= 4 is 22.6 Å². The van der Waals surface area contributed by atoms with Crippen LogP contribution in [0.4, 0.5) is 32.0 Å². The van der Waals surface area contributed by atoms with E-state index >= 15 is 0 Å². The smallest absolute Gasteiger partial charge is 0.368 e. The molecule has 14 heteroatoms. The molecule has 1 aliphatic rings. The quantitative estimate of drug-likeness (QED) is 0.494. The maximum Gasteiger partial charge on any atom is 0.422 e. The van der Waals surface area contributed by atoms with Crippen LogP contribution in [0.5, 0.6) is 0 Å². The first-order valence-corrected chi connectivity index (χ1v) is 11.2. The number of pyridine rings is 3. The Morgan fingerprint density at radius 2 is 1.76 bits per heavy atom. The number of hydrogen-bond donors (Lipinski definition) is 2. The number of alkyl halides is 6. The van der Waals surface area contributed by atoms with Crippen LogP contribution in [0.3, 0.4) is 0 Å². The highest BCUT2D eigenvalue weighted by molar-refractivity contribution is 5.92. The lowest BCUT2D eigenvalue weighted by molar-refractivity contribution is -0.139. The fourth-order valence-corrected chi connectivity index (χ4v) is 4.20. The molecule has 0 radical (unpaired) electrons. The average Bonchev–Trinajstić information content (AvgIpc) is 2.81. The number of carbonyl (C=O) groups excluding carboxylic acids is 1. The molecule has 8 nitrogen and oxygen atoms in total.